The van der Waals surface area contributed by atoms with Crippen LogP contribution in [0.3, 0.4) is 0 Å². The molecule has 1 rings (SSSR count). The molecule has 0 unspecified atom stereocenters. The van der Waals surface area contributed by atoms with Crippen molar-refractivity contribution in [2.75, 3.05) is 0 Å². The molecule has 2 amide bonds. The molecule has 0 aliphatic carbocycles. The Kier molecular flexibility index (Phi) is 4.25. The van der Waals surface area contributed by atoms with Gasteiger partial charge in [0.15, 0.2) is 0 Å². The maximum atomic E-state index is 12.8. The molecule has 0 bridgehead atoms. The van der Waals surface area contributed by atoms with Gasteiger partial charge in [-0.2, -0.15) is 0 Å². The molecule has 0 saturated heterocycles. The second-order valence-corrected chi connectivity index (χ2v) is 3.72. The second kappa shape index (κ2) is 5.46. The molecule has 86 valence electrons. The Morgan fingerprint density at radius 2 is 2.06 bits per heavy atom. The van der Waals surface area contributed by atoms with E-state index in [-0.39, 0.29) is 5.56 Å². The number of amides is 2. The number of carbonyl (C=O) groups is 2. The van der Waals surface area contributed by atoms with Gasteiger partial charge in [0.2, 0.25) is 0 Å². The van der Waals surface area contributed by atoms with Crippen molar-refractivity contribution in [2.24, 2.45) is 0 Å². The molecule has 2 N–H and O–H groups in total. The van der Waals surface area contributed by atoms with Gasteiger partial charge >= 0.3 is 0 Å². The predicted octanol–water partition coefficient (Wildman–Crippen LogP) is 1.21. The van der Waals surface area contributed by atoms with Crippen LogP contribution >= 0.6 is 11.6 Å². The monoisotopic (exact) mass is 244 g/mol. The highest BCUT2D eigenvalue weighted by molar-refractivity contribution is 6.30. The van der Waals surface area contributed by atoms with Crippen molar-refractivity contribution in [3.8, 4) is 0 Å². The summed E-state index contributed by atoms with van der Waals surface area (Å²) in [6, 6.07) is 5.10. The molecular formula is C10H10ClFN2O2. The highest BCUT2D eigenvalue weighted by Gasteiger charge is 2.11. The number of carbonyl (C=O) groups excluding carboxylic acids is 2. The third-order valence-corrected chi connectivity index (χ3v) is 1.95. The molecule has 0 aromatic heterocycles. The van der Waals surface area contributed by atoms with E-state index in [0.717, 1.165) is 6.07 Å². The zero-order valence-electron chi connectivity index (χ0n) is 8.46. The third kappa shape index (κ3) is 3.51. The molecule has 0 aliphatic rings. The predicted molar refractivity (Wildman–Crippen MR) is 57.3 cm³/mol. The van der Waals surface area contributed by atoms with Crippen LogP contribution in [0.15, 0.2) is 24.3 Å². The van der Waals surface area contributed by atoms with E-state index in [4.69, 9.17) is 11.6 Å². The van der Waals surface area contributed by atoms with Gasteiger partial charge < -0.3 is 0 Å². The van der Waals surface area contributed by atoms with Gasteiger partial charge in [0.25, 0.3) is 11.8 Å². The van der Waals surface area contributed by atoms with Gasteiger partial charge in [-0.25, -0.2) is 4.39 Å². The van der Waals surface area contributed by atoms with Gasteiger partial charge in [-0.3, -0.25) is 20.4 Å². The van der Waals surface area contributed by atoms with Crippen LogP contribution in [0.4, 0.5) is 4.39 Å². The standard InChI is InChI=1S/C10H10ClFN2O2/c1-6(11)9(15)13-14-10(16)7-3-2-4-8(12)5-7/h2-6H,1H3,(H,13,15)(H,14,16)/t6-/m1/s1. The van der Waals surface area contributed by atoms with E-state index in [1.165, 1.54) is 25.1 Å². The van der Waals surface area contributed by atoms with E-state index < -0.39 is 23.0 Å². The number of rotatable bonds is 2. The smallest absolute Gasteiger partial charge is 0.269 e. The molecule has 1 atom stereocenters. The summed E-state index contributed by atoms with van der Waals surface area (Å²) in [6.07, 6.45) is 0. The minimum Gasteiger partial charge on any atom is -0.272 e. The fourth-order valence-electron chi connectivity index (χ4n) is 0.920. The Bertz CT molecular complexity index is 410. The molecule has 0 fully saturated rings. The molecule has 0 spiro atoms. The summed E-state index contributed by atoms with van der Waals surface area (Å²) in [5, 5.41) is -0.757. The van der Waals surface area contributed by atoms with Crippen LogP contribution in [-0.2, 0) is 4.79 Å². The average molecular weight is 245 g/mol. The van der Waals surface area contributed by atoms with Gasteiger partial charge in [-0.15, -0.1) is 11.6 Å². The van der Waals surface area contributed by atoms with Crippen molar-refractivity contribution in [3.05, 3.63) is 35.6 Å². The van der Waals surface area contributed by atoms with E-state index in [9.17, 15) is 14.0 Å². The highest BCUT2D eigenvalue weighted by atomic mass is 35.5. The summed E-state index contributed by atoms with van der Waals surface area (Å²) >= 11 is 5.46. The van der Waals surface area contributed by atoms with Crippen molar-refractivity contribution in [2.45, 2.75) is 12.3 Å². The summed E-state index contributed by atoms with van der Waals surface area (Å²) in [6.45, 7) is 1.46. The van der Waals surface area contributed by atoms with Gasteiger partial charge in [0.05, 0.1) is 0 Å². The first-order valence-corrected chi connectivity index (χ1v) is 4.94. The van der Waals surface area contributed by atoms with Crippen LogP contribution in [0.1, 0.15) is 17.3 Å². The van der Waals surface area contributed by atoms with Crippen molar-refractivity contribution >= 4 is 23.4 Å². The molecule has 6 heteroatoms. The van der Waals surface area contributed by atoms with Crippen molar-refractivity contribution in [1.29, 1.82) is 0 Å². The summed E-state index contributed by atoms with van der Waals surface area (Å²) in [5.74, 6) is -1.67. The molecule has 1 aromatic rings. The number of nitrogens with one attached hydrogen (secondary N) is 2. The Balaban J connectivity index is 2.57. The molecule has 16 heavy (non-hydrogen) atoms. The van der Waals surface area contributed by atoms with Crippen LogP contribution in [0.25, 0.3) is 0 Å². The van der Waals surface area contributed by atoms with E-state index in [1.807, 2.05) is 0 Å². The van der Waals surface area contributed by atoms with Crippen molar-refractivity contribution in [3.63, 3.8) is 0 Å². The summed E-state index contributed by atoms with van der Waals surface area (Å²) in [5.41, 5.74) is 4.34. The quantitative estimate of drug-likeness (QED) is 0.607. The third-order valence-electron chi connectivity index (χ3n) is 1.75. The van der Waals surface area contributed by atoms with Crippen LogP contribution < -0.4 is 10.9 Å². The molecule has 0 aliphatic heterocycles. The van der Waals surface area contributed by atoms with Crippen molar-refractivity contribution in [1.82, 2.24) is 10.9 Å². The van der Waals surface area contributed by atoms with Crippen LogP contribution in [0, 0.1) is 5.82 Å². The normalized spacial score (nSPS) is 11.7. The molecular weight excluding hydrogens is 235 g/mol. The van der Waals surface area contributed by atoms with E-state index >= 15 is 0 Å². The topological polar surface area (TPSA) is 58.2 Å². The largest absolute Gasteiger partial charge is 0.272 e. The lowest BCUT2D eigenvalue weighted by Gasteiger charge is -2.08. The van der Waals surface area contributed by atoms with E-state index in [1.54, 1.807) is 0 Å². The number of hydrogen-bond acceptors (Lipinski definition) is 2. The maximum absolute atomic E-state index is 12.8. The Morgan fingerprint density at radius 3 is 2.62 bits per heavy atom. The van der Waals surface area contributed by atoms with E-state index in [0.29, 0.717) is 0 Å². The second-order valence-electron chi connectivity index (χ2n) is 3.07. The summed E-state index contributed by atoms with van der Waals surface area (Å²) in [7, 11) is 0. The number of halogens is 2. The average Bonchev–Trinajstić information content (AvgIpc) is 2.25. The number of benzene rings is 1. The van der Waals surface area contributed by atoms with Crippen molar-refractivity contribution < 1.29 is 14.0 Å². The van der Waals surface area contributed by atoms with E-state index in [2.05, 4.69) is 10.9 Å². The molecule has 0 radical (unpaired) electrons. The lowest BCUT2D eigenvalue weighted by Crippen LogP contribution is -2.44. The summed E-state index contributed by atoms with van der Waals surface area (Å²) in [4.78, 5) is 22.4. The fourth-order valence-corrected chi connectivity index (χ4v) is 0.974. The van der Waals surface area contributed by atoms with Crippen LogP contribution in [0.2, 0.25) is 0 Å². The van der Waals surface area contributed by atoms with Crippen LogP contribution in [0.5, 0.6) is 0 Å². The number of hydrazine groups is 1. The van der Waals surface area contributed by atoms with Crippen LogP contribution in [-0.4, -0.2) is 17.2 Å². The Hall–Kier alpha value is -1.62. The molecule has 1 aromatic carbocycles. The number of alkyl halides is 1. The SMILES string of the molecule is C[C@@H](Cl)C(=O)NNC(=O)c1cccc(F)c1. The molecule has 4 nitrogen and oxygen atoms in total. The van der Waals surface area contributed by atoms with Gasteiger partial charge in [-0.1, -0.05) is 6.07 Å². The Morgan fingerprint density at radius 1 is 1.38 bits per heavy atom. The number of hydrogen-bond donors (Lipinski definition) is 2. The van der Waals surface area contributed by atoms with Gasteiger partial charge in [-0.05, 0) is 25.1 Å². The maximum Gasteiger partial charge on any atom is 0.269 e. The zero-order chi connectivity index (χ0) is 12.1. The summed E-state index contributed by atoms with van der Waals surface area (Å²) < 4.78 is 12.8. The first-order chi connectivity index (χ1) is 7.50. The zero-order valence-corrected chi connectivity index (χ0v) is 9.22. The lowest BCUT2D eigenvalue weighted by atomic mass is 10.2. The fraction of sp³-hybridized carbons (Fsp3) is 0.200. The highest BCUT2D eigenvalue weighted by Crippen LogP contribution is 2.02. The minimum absolute atomic E-state index is 0.113. The van der Waals surface area contributed by atoms with Gasteiger partial charge in [0.1, 0.15) is 11.2 Å². The minimum atomic E-state index is -0.757. The molecule has 0 heterocycles. The Labute approximate surface area is 96.8 Å². The first-order valence-electron chi connectivity index (χ1n) is 4.50. The molecule has 0 saturated carbocycles. The lowest BCUT2D eigenvalue weighted by molar-refractivity contribution is -0.121. The first kappa shape index (κ1) is 12.4. The van der Waals surface area contributed by atoms with Gasteiger partial charge in [0, 0.05) is 5.56 Å².